The number of rotatable bonds is 6. The topological polar surface area (TPSA) is 73.0 Å². The van der Waals surface area contributed by atoms with Gasteiger partial charge in [-0.25, -0.2) is 4.79 Å². The first-order valence-electron chi connectivity index (χ1n) is 10.2. The van der Waals surface area contributed by atoms with Gasteiger partial charge < -0.3 is 15.1 Å². The summed E-state index contributed by atoms with van der Waals surface area (Å²) in [4.78, 5) is 43.2. The summed E-state index contributed by atoms with van der Waals surface area (Å²) < 4.78 is 0. The summed E-state index contributed by atoms with van der Waals surface area (Å²) >= 11 is 0. The van der Waals surface area contributed by atoms with Crippen molar-refractivity contribution in [3.63, 3.8) is 0 Å². The normalized spacial score (nSPS) is 18.9. The number of hydrogen-bond acceptors (Lipinski definition) is 3. The fourth-order valence-corrected chi connectivity index (χ4v) is 4.04. The van der Waals surface area contributed by atoms with E-state index in [2.05, 4.69) is 11.4 Å². The zero-order valence-corrected chi connectivity index (χ0v) is 17.9. The molecule has 1 N–H and O–H groups in total. The Balaban J connectivity index is 1.90. The van der Waals surface area contributed by atoms with Crippen LogP contribution in [-0.2, 0) is 9.59 Å². The molecule has 0 aromatic heterocycles. The summed E-state index contributed by atoms with van der Waals surface area (Å²) in [7, 11) is 1.76. The van der Waals surface area contributed by atoms with Crippen molar-refractivity contribution in [3.05, 3.63) is 46.2 Å². The lowest BCUT2D eigenvalue weighted by Crippen LogP contribution is -2.47. The fraction of sp³-hybridized carbons (Fsp3) is 0.500. The van der Waals surface area contributed by atoms with Gasteiger partial charge in [-0.1, -0.05) is 23.8 Å². The maximum Gasteiger partial charge on any atom is 0.322 e. The minimum atomic E-state index is -0.465. The molecule has 1 aromatic rings. The van der Waals surface area contributed by atoms with Crippen molar-refractivity contribution in [1.29, 1.82) is 0 Å². The van der Waals surface area contributed by atoms with E-state index in [1.165, 1.54) is 0 Å². The predicted molar refractivity (Wildman–Crippen MR) is 111 cm³/mol. The molecule has 1 atom stereocenters. The molecule has 0 spiro atoms. The fourth-order valence-electron chi connectivity index (χ4n) is 4.04. The summed E-state index contributed by atoms with van der Waals surface area (Å²) in [5, 5.41) is 3.02. The average molecular weight is 399 g/mol. The first-order valence-corrected chi connectivity index (χ1v) is 10.2. The van der Waals surface area contributed by atoms with Gasteiger partial charge in [0, 0.05) is 33.1 Å². The molecule has 2 aliphatic rings. The minimum Gasteiger partial charge on any atom is -0.346 e. The van der Waals surface area contributed by atoms with E-state index in [1.54, 1.807) is 21.7 Å². The standard InChI is InChI=1S/C22H30N4O3/c1-6-24(5)18(27)10-11-25-13-17-19(21(25)28)20(23-22(29)26(17)7-2)16-9-8-14(3)12-15(16)4/h8-9,12,20H,6-7,10-11,13H2,1-5H3,(H,23,29)/t20-/m1/s1. The van der Waals surface area contributed by atoms with Crippen molar-refractivity contribution in [3.8, 4) is 0 Å². The Morgan fingerprint density at radius 2 is 1.97 bits per heavy atom. The van der Waals surface area contributed by atoms with Crippen LogP contribution in [0.4, 0.5) is 4.79 Å². The Morgan fingerprint density at radius 3 is 2.59 bits per heavy atom. The zero-order valence-electron chi connectivity index (χ0n) is 17.9. The minimum absolute atomic E-state index is 0.0117. The van der Waals surface area contributed by atoms with Crippen LogP contribution in [-0.4, -0.2) is 65.8 Å². The Labute approximate surface area is 172 Å². The second kappa shape index (κ2) is 8.27. The summed E-state index contributed by atoms with van der Waals surface area (Å²) in [6, 6.07) is 5.39. The number of nitrogens with zero attached hydrogens (tertiary/aromatic N) is 3. The number of aryl methyl sites for hydroxylation is 2. The van der Waals surface area contributed by atoms with Crippen LogP contribution < -0.4 is 5.32 Å². The van der Waals surface area contributed by atoms with Crippen molar-refractivity contribution < 1.29 is 14.4 Å². The molecule has 3 rings (SSSR count). The molecule has 0 bridgehead atoms. The highest BCUT2D eigenvalue weighted by molar-refractivity contribution is 6.01. The number of benzene rings is 1. The summed E-state index contributed by atoms with van der Waals surface area (Å²) in [5.41, 5.74) is 4.48. The molecule has 2 aliphatic heterocycles. The SMILES string of the molecule is CCN(C)C(=O)CCN1CC2=C(C1=O)[C@@H](c1ccc(C)cc1C)NC(=O)N2CC. The number of carbonyl (C=O) groups excluding carboxylic acids is 3. The van der Waals surface area contributed by atoms with Crippen molar-refractivity contribution in [2.45, 2.75) is 40.2 Å². The van der Waals surface area contributed by atoms with E-state index >= 15 is 0 Å². The van der Waals surface area contributed by atoms with E-state index in [0.29, 0.717) is 31.8 Å². The van der Waals surface area contributed by atoms with Crippen LogP contribution in [0.25, 0.3) is 0 Å². The van der Waals surface area contributed by atoms with Crippen LogP contribution in [0.2, 0.25) is 0 Å². The first-order chi connectivity index (χ1) is 13.8. The van der Waals surface area contributed by atoms with Gasteiger partial charge in [0.1, 0.15) is 0 Å². The number of nitrogens with one attached hydrogen (secondary N) is 1. The molecule has 0 unspecified atom stereocenters. The molecule has 7 nitrogen and oxygen atoms in total. The number of amides is 4. The molecule has 2 heterocycles. The molecule has 0 radical (unpaired) electrons. The number of hydrogen-bond donors (Lipinski definition) is 1. The van der Waals surface area contributed by atoms with Gasteiger partial charge >= 0.3 is 6.03 Å². The van der Waals surface area contributed by atoms with Gasteiger partial charge in [-0.15, -0.1) is 0 Å². The lowest BCUT2D eigenvalue weighted by molar-refractivity contribution is -0.131. The molecule has 7 heteroatoms. The van der Waals surface area contributed by atoms with Crippen LogP contribution in [0.5, 0.6) is 0 Å². The third-order valence-electron chi connectivity index (χ3n) is 5.84. The van der Waals surface area contributed by atoms with Gasteiger partial charge in [0.2, 0.25) is 5.91 Å². The molecule has 29 heavy (non-hydrogen) atoms. The third kappa shape index (κ3) is 3.86. The van der Waals surface area contributed by atoms with Gasteiger partial charge in [0.05, 0.1) is 23.9 Å². The lowest BCUT2D eigenvalue weighted by atomic mass is 9.91. The quantitative estimate of drug-likeness (QED) is 0.800. The summed E-state index contributed by atoms with van der Waals surface area (Å²) in [6.07, 6.45) is 0.276. The number of urea groups is 1. The number of carbonyl (C=O) groups is 3. The van der Waals surface area contributed by atoms with Crippen molar-refractivity contribution >= 4 is 17.8 Å². The van der Waals surface area contributed by atoms with Gasteiger partial charge in [0.15, 0.2) is 0 Å². The molecule has 0 fully saturated rings. The van der Waals surface area contributed by atoms with Crippen LogP contribution in [0.3, 0.4) is 0 Å². The summed E-state index contributed by atoms with van der Waals surface area (Å²) in [5.74, 6) is -0.0898. The molecular weight excluding hydrogens is 368 g/mol. The Hall–Kier alpha value is -2.83. The molecule has 0 saturated carbocycles. The average Bonchev–Trinajstić information content (AvgIpc) is 3.01. The maximum atomic E-state index is 13.3. The van der Waals surface area contributed by atoms with Crippen molar-refractivity contribution in [2.24, 2.45) is 0 Å². The largest absolute Gasteiger partial charge is 0.346 e. The van der Waals surface area contributed by atoms with E-state index in [0.717, 1.165) is 22.4 Å². The molecule has 4 amide bonds. The van der Waals surface area contributed by atoms with E-state index in [1.807, 2.05) is 39.8 Å². The molecule has 0 saturated heterocycles. The summed E-state index contributed by atoms with van der Waals surface area (Å²) in [6.45, 7) is 9.67. The van der Waals surface area contributed by atoms with Crippen LogP contribution in [0, 0.1) is 13.8 Å². The Morgan fingerprint density at radius 1 is 1.24 bits per heavy atom. The van der Waals surface area contributed by atoms with E-state index in [9.17, 15) is 14.4 Å². The van der Waals surface area contributed by atoms with Gasteiger partial charge in [0.25, 0.3) is 5.91 Å². The molecule has 156 valence electrons. The van der Waals surface area contributed by atoms with Gasteiger partial charge in [-0.2, -0.15) is 0 Å². The molecule has 0 aliphatic carbocycles. The predicted octanol–water partition coefficient (Wildman–Crippen LogP) is 2.35. The maximum absolute atomic E-state index is 13.3. The highest BCUT2D eigenvalue weighted by Crippen LogP contribution is 2.37. The van der Waals surface area contributed by atoms with Crippen molar-refractivity contribution in [2.75, 3.05) is 33.2 Å². The van der Waals surface area contributed by atoms with E-state index in [4.69, 9.17) is 0 Å². The van der Waals surface area contributed by atoms with E-state index in [-0.39, 0.29) is 24.3 Å². The Bertz CT molecular complexity index is 877. The van der Waals surface area contributed by atoms with Crippen LogP contribution in [0.1, 0.15) is 43.0 Å². The van der Waals surface area contributed by atoms with E-state index < -0.39 is 6.04 Å². The second-order valence-electron chi connectivity index (χ2n) is 7.73. The Kier molecular flexibility index (Phi) is 5.96. The number of likely N-dealkylation sites (N-methyl/N-ethyl adjacent to an activating group) is 1. The molecular formula is C22H30N4O3. The zero-order chi connectivity index (χ0) is 21.3. The first kappa shape index (κ1) is 20.9. The van der Waals surface area contributed by atoms with Crippen LogP contribution in [0.15, 0.2) is 29.5 Å². The highest BCUT2D eigenvalue weighted by Gasteiger charge is 2.43. The van der Waals surface area contributed by atoms with Crippen molar-refractivity contribution in [1.82, 2.24) is 20.0 Å². The lowest BCUT2D eigenvalue weighted by Gasteiger charge is -2.33. The smallest absolute Gasteiger partial charge is 0.322 e. The third-order valence-corrected chi connectivity index (χ3v) is 5.84. The molecule has 1 aromatic carbocycles. The van der Waals surface area contributed by atoms with Crippen LogP contribution >= 0.6 is 0 Å². The van der Waals surface area contributed by atoms with Gasteiger partial charge in [-0.05, 0) is 38.8 Å². The second-order valence-corrected chi connectivity index (χ2v) is 7.73. The van der Waals surface area contributed by atoms with Gasteiger partial charge in [-0.3, -0.25) is 14.5 Å². The highest BCUT2D eigenvalue weighted by atomic mass is 16.2. The monoisotopic (exact) mass is 398 g/mol.